The molecule has 0 aliphatic carbocycles. The van der Waals surface area contributed by atoms with Crippen molar-refractivity contribution in [3.8, 4) is 5.75 Å². The lowest BCUT2D eigenvalue weighted by Gasteiger charge is -2.13. The molecule has 4 heteroatoms. The van der Waals surface area contributed by atoms with Crippen molar-refractivity contribution >= 4 is 11.0 Å². The van der Waals surface area contributed by atoms with Crippen LogP contribution in [0.25, 0.3) is 11.0 Å². The molecule has 0 N–H and O–H groups in total. The van der Waals surface area contributed by atoms with Crippen LogP contribution < -0.4 is 4.74 Å². The summed E-state index contributed by atoms with van der Waals surface area (Å²) >= 11 is 0. The van der Waals surface area contributed by atoms with Crippen molar-refractivity contribution in [2.75, 3.05) is 0 Å². The molecule has 0 spiro atoms. The van der Waals surface area contributed by atoms with Crippen LogP contribution in [0, 0.1) is 26.6 Å². The summed E-state index contributed by atoms with van der Waals surface area (Å²) in [7, 11) is 0. The fourth-order valence-corrected chi connectivity index (χ4v) is 3.56. The minimum absolute atomic E-state index is 0.224. The van der Waals surface area contributed by atoms with E-state index in [1.165, 1.54) is 17.7 Å². The Bertz CT molecular complexity index is 1130. The highest BCUT2D eigenvalue weighted by Crippen LogP contribution is 2.32. The third-order valence-corrected chi connectivity index (χ3v) is 5.19. The average molecular weight is 374 g/mol. The van der Waals surface area contributed by atoms with E-state index in [-0.39, 0.29) is 5.82 Å². The van der Waals surface area contributed by atoms with E-state index < -0.39 is 0 Å². The highest BCUT2D eigenvalue weighted by atomic mass is 19.1. The standard InChI is InChI=1S/C24H23FN2O/c1-16-5-4-6-20(13-16)15-28-22-11-12-26-23-17(2)18(3)27(24(22)23)14-19-7-9-21(25)10-8-19/h4-13H,14-15H2,1-3H3. The van der Waals surface area contributed by atoms with Crippen LogP contribution >= 0.6 is 0 Å². The summed E-state index contributed by atoms with van der Waals surface area (Å²) in [5.41, 5.74) is 7.59. The molecule has 0 unspecified atom stereocenters. The minimum atomic E-state index is -0.224. The lowest BCUT2D eigenvalue weighted by molar-refractivity contribution is 0.308. The molecule has 142 valence electrons. The van der Waals surface area contributed by atoms with Crippen LogP contribution in [0.1, 0.15) is 27.9 Å². The number of nitrogens with zero attached hydrogens (tertiary/aromatic N) is 2. The Morgan fingerprint density at radius 1 is 0.964 bits per heavy atom. The van der Waals surface area contributed by atoms with Gasteiger partial charge < -0.3 is 9.30 Å². The minimum Gasteiger partial charge on any atom is -0.487 e. The average Bonchev–Trinajstić information content (AvgIpc) is 2.94. The summed E-state index contributed by atoms with van der Waals surface area (Å²) in [4.78, 5) is 4.59. The first-order valence-electron chi connectivity index (χ1n) is 9.40. The van der Waals surface area contributed by atoms with E-state index in [9.17, 15) is 4.39 Å². The van der Waals surface area contributed by atoms with Crippen LogP contribution in [-0.2, 0) is 13.2 Å². The SMILES string of the molecule is Cc1cccc(COc2ccnc3c(C)c(C)n(Cc4ccc(F)cc4)c23)c1. The van der Waals surface area contributed by atoms with Crippen molar-refractivity contribution < 1.29 is 9.13 Å². The van der Waals surface area contributed by atoms with E-state index in [0.717, 1.165) is 39.2 Å². The Hall–Kier alpha value is -3.14. The predicted molar refractivity (Wildman–Crippen MR) is 110 cm³/mol. The summed E-state index contributed by atoms with van der Waals surface area (Å²) < 4.78 is 21.7. The van der Waals surface area contributed by atoms with Crippen LogP contribution in [0.4, 0.5) is 4.39 Å². The molecule has 0 bridgehead atoms. The first kappa shape index (κ1) is 18.2. The number of hydrogen-bond donors (Lipinski definition) is 0. The fourth-order valence-electron chi connectivity index (χ4n) is 3.56. The second-order valence-corrected chi connectivity index (χ2v) is 7.21. The fraction of sp³-hybridized carbons (Fsp3) is 0.208. The van der Waals surface area contributed by atoms with Gasteiger partial charge in [-0.2, -0.15) is 0 Å². The van der Waals surface area contributed by atoms with Gasteiger partial charge in [0.05, 0.1) is 5.52 Å². The molecule has 0 aliphatic heterocycles. The maximum absolute atomic E-state index is 13.3. The number of pyridine rings is 1. The van der Waals surface area contributed by atoms with Crippen LogP contribution in [0.5, 0.6) is 5.75 Å². The van der Waals surface area contributed by atoms with E-state index >= 15 is 0 Å². The second-order valence-electron chi connectivity index (χ2n) is 7.21. The van der Waals surface area contributed by atoms with Gasteiger partial charge in [0, 0.05) is 24.5 Å². The first-order valence-corrected chi connectivity index (χ1v) is 9.40. The topological polar surface area (TPSA) is 27.1 Å². The Morgan fingerprint density at radius 2 is 1.75 bits per heavy atom. The van der Waals surface area contributed by atoms with E-state index in [4.69, 9.17) is 4.74 Å². The molecular formula is C24H23FN2O. The number of rotatable bonds is 5. The third-order valence-electron chi connectivity index (χ3n) is 5.19. The number of fused-ring (bicyclic) bond motifs is 1. The van der Waals surface area contributed by atoms with Crippen molar-refractivity contribution in [1.82, 2.24) is 9.55 Å². The highest BCUT2D eigenvalue weighted by Gasteiger charge is 2.17. The van der Waals surface area contributed by atoms with Crippen LogP contribution in [0.15, 0.2) is 60.8 Å². The van der Waals surface area contributed by atoms with Crippen molar-refractivity contribution in [2.45, 2.75) is 33.9 Å². The molecule has 2 aromatic carbocycles. The lowest BCUT2D eigenvalue weighted by atomic mass is 10.1. The Kier molecular flexibility index (Phi) is 4.86. The number of ether oxygens (including phenoxy) is 1. The molecule has 0 aliphatic rings. The second kappa shape index (κ2) is 7.47. The van der Waals surface area contributed by atoms with E-state index in [2.05, 4.69) is 48.5 Å². The van der Waals surface area contributed by atoms with Crippen LogP contribution in [0.2, 0.25) is 0 Å². The summed E-state index contributed by atoms with van der Waals surface area (Å²) in [6.45, 7) is 7.39. The Labute approximate surface area is 164 Å². The number of benzene rings is 2. The molecule has 0 saturated heterocycles. The number of hydrogen-bond acceptors (Lipinski definition) is 2. The summed E-state index contributed by atoms with van der Waals surface area (Å²) in [6, 6.07) is 16.9. The Balaban J connectivity index is 1.72. The summed E-state index contributed by atoms with van der Waals surface area (Å²) in [5.74, 6) is 0.586. The van der Waals surface area contributed by atoms with Crippen molar-refractivity contribution in [1.29, 1.82) is 0 Å². The van der Waals surface area contributed by atoms with Crippen molar-refractivity contribution in [2.24, 2.45) is 0 Å². The lowest BCUT2D eigenvalue weighted by Crippen LogP contribution is -2.04. The van der Waals surface area contributed by atoms with Gasteiger partial charge in [-0.3, -0.25) is 4.98 Å². The van der Waals surface area contributed by atoms with Gasteiger partial charge in [0.15, 0.2) is 0 Å². The molecule has 2 heterocycles. The molecule has 0 fully saturated rings. The van der Waals surface area contributed by atoms with E-state index in [1.807, 2.05) is 24.3 Å². The molecule has 0 radical (unpaired) electrons. The van der Waals surface area contributed by atoms with Crippen molar-refractivity contribution in [3.63, 3.8) is 0 Å². The first-order chi connectivity index (χ1) is 13.5. The molecule has 0 amide bonds. The third kappa shape index (κ3) is 3.50. The monoisotopic (exact) mass is 374 g/mol. The maximum atomic E-state index is 13.3. The van der Waals surface area contributed by atoms with Gasteiger partial charge in [-0.25, -0.2) is 4.39 Å². The molecule has 0 atom stereocenters. The number of halogens is 1. The zero-order valence-corrected chi connectivity index (χ0v) is 16.4. The Morgan fingerprint density at radius 3 is 2.50 bits per heavy atom. The molecule has 4 aromatic rings. The maximum Gasteiger partial charge on any atom is 0.147 e. The molecule has 3 nitrogen and oxygen atoms in total. The zero-order valence-electron chi connectivity index (χ0n) is 16.4. The molecule has 4 rings (SSSR count). The molecule has 28 heavy (non-hydrogen) atoms. The van der Waals surface area contributed by atoms with Crippen LogP contribution in [0.3, 0.4) is 0 Å². The summed E-state index contributed by atoms with van der Waals surface area (Å²) in [5, 5.41) is 0. The largest absolute Gasteiger partial charge is 0.487 e. The highest BCUT2D eigenvalue weighted by molar-refractivity contribution is 5.86. The number of aromatic nitrogens is 2. The smallest absolute Gasteiger partial charge is 0.147 e. The van der Waals surface area contributed by atoms with E-state index in [0.29, 0.717) is 13.2 Å². The van der Waals surface area contributed by atoms with Gasteiger partial charge in [-0.15, -0.1) is 0 Å². The van der Waals surface area contributed by atoms with E-state index in [1.54, 1.807) is 6.20 Å². The quantitative estimate of drug-likeness (QED) is 0.446. The van der Waals surface area contributed by atoms with Crippen molar-refractivity contribution in [3.05, 3.63) is 94.6 Å². The van der Waals surface area contributed by atoms with Gasteiger partial charge >= 0.3 is 0 Å². The van der Waals surface area contributed by atoms with Crippen LogP contribution in [-0.4, -0.2) is 9.55 Å². The number of aryl methyl sites for hydroxylation is 2. The molecule has 2 aromatic heterocycles. The van der Waals surface area contributed by atoms with Gasteiger partial charge in [0.25, 0.3) is 0 Å². The van der Waals surface area contributed by atoms with Gasteiger partial charge in [-0.05, 0) is 49.6 Å². The van der Waals surface area contributed by atoms with Gasteiger partial charge in [-0.1, -0.05) is 42.0 Å². The molecular weight excluding hydrogens is 351 g/mol. The molecule has 0 saturated carbocycles. The normalized spacial score (nSPS) is 11.1. The predicted octanol–water partition coefficient (Wildman–Crippen LogP) is 5.73. The van der Waals surface area contributed by atoms with Gasteiger partial charge in [0.1, 0.15) is 23.7 Å². The summed E-state index contributed by atoms with van der Waals surface area (Å²) in [6.07, 6.45) is 1.79. The van der Waals surface area contributed by atoms with Gasteiger partial charge in [0.2, 0.25) is 0 Å². The zero-order chi connectivity index (χ0) is 19.7.